The lowest BCUT2D eigenvalue weighted by Crippen LogP contribution is -2.06. The summed E-state index contributed by atoms with van der Waals surface area (Å²) in [6, 6.07) is 15.9. The zero-order valence-electron chi connectivity index (χ0n) is 18.1. The van der Waals surface area contributed by atoms with Crippen molar-refractivity contribution in [1.29, 1.82) is 0 Å². The van der Waals surface area contributed by atoms with Gasteiger partial charge in [0.05, 0.1) is 25.8 Å². The summed E-state index contributed by atoms with van der Waals surface area (Å²) < 4.78 is 16.4. The van der Waals surface area contributed by atoms with Gasteiger partial charge in [-0.05, 0) is 54.7 Å². The molecule has 0 saturated heterocycles. The third-order valence-electron chi connectivity index (χ3n) is 4.82. The lowest BCUT2D eigenvalue weighted by molar-refractivity contribution is -0.139. The SMILES string of the molecule is COC(=O)Cc1cccc(OCCc2nc(-c3ccc(CC(C)C)cc3)oc2C)c1. The minimum Gasteiger partial charge on any atom is -0.493 e. The molecule has 3 rings (SSSR count). The number of carbonyl (C=O) groups excluding carboxylic acids is 1. The molecule has 0 amide bonds. The molecule has 2 aromatic carbocycles. The number of hydrogen-bond donors (Lipinski definition) is 0. The van der Waals surface area contributed by atoms with Gasteiger partial charge in [-0.15, -0.1) is 0 Å². The first-order valence-electron chi connectivity index (χ1n) is 10.3. The molecule has 5 heteroatoms. The highest BCUT2D eigenvalue weighted by Gasteiger charge is 2.12. The number of hydrogen-bond acceptors (Lipinski definition) is 5. The van der Waals surface area contributed by atoms with Crippen LogP contribution in [0.2, 0.25) is 0 Å². The number of esters is 1. The summed E-state index contributed by atoms with van der Waals surface area (Å²) in [5.74, 6) is 2.53. The molecule has 0 aliphatic rings. The lowest BCUT2D eigenvalue weighted by Gasteiger charge is -2.07. The van der Waals surface area contributed by atoms with Crippen LogP contribution in [-0.4, -0.2) is 24.7 Å². The van der Waals surface area contributed by atoms with Crippen LogP contribution in [0.15, 0.2) is 52.9 Å². The first-order valence-corrected chi connectivity index (χ1v) is 10.3. The van der Waals surface area contributed by atoms with Crippen molar-refractivity contribution in [1.82, 2.24) is 4.98 Å². The summed E-state index contributed by atoms with van der Waals surface area (Å²) in [4.78, 5) is 16.1. The average molecular weight is 408 g/mol. The Kier molecular flexibility index (Phi) is 7.28. The Morgan fingerprint density at radius 1 is 1.10 bits per heavy atom. The van der Waals surface area contributed by atoms with Crippen LogP contribution in [0.1, 0.15) is 36.4 Å². The minimum atomic E-state index is -0.268. The van der Waals surface area contributed by atoms with Gasteiger partial charge in [0.1, 0.15) is 11.5 Å². The van der Waals surface area contributed by atoms with Gasteiger partial charge in [-0.25, -0.2) is 4.98 Å². The third kappa shape index (κ3) is 5.96. The van der Waals surface area contributed by atoms with E-state index < -0.39 is 0 Å². The van der Waals surface area contributed by atoms with Gasteiger partial charge in [0, 0.05) is 12.0 Å². The van der Waals surface area contributed by atoms with Gasteiger partial charge in [-0.2, -0.15) is 0 Å². The minimum absolute atomic E-state index is 0.232. The number of nitrogens with zero attached hydrogens (tertiary/aromatic N) is 1. The predicted molar refractivity (Wildman–Crippen MR) is 117 cm³/mol. The molecule has 0 aliphatic carbocycles. The number of aromatic nitrogens is 1. The van der Waals surface area contributed by atoms with Crippen LogP contribution < -0.4 is 4.74 Å². The predicted octanol–water partition coefficient (Wildman–Crippen LogP) is 5.19. The Hall–Kier alpha value is -3.08. The van der Waals surface area contributed by atoms with Crippen molar-refractivity contribution in [2.75, 3.05) is 13.7 Å². The van der Waals surface area contributed by atoms with E-state index in [2.05, 4.69) is 43.1 Å². The molecule has 0 atom stereocenters. The van der Waals surface area contributed by atoms with Gasteiger partial charge in [0.25, 0.3) is 0 Å². The Labute approximate surface area is 178 Å². The number of benzene rings is 2. The monoisotopic (exact) mass is 407 g/mol. The molecule has 0 saturated carbocycles. The Balaban J connectivity index is 1.59. The van der Waals surface area contributed by atoms with Gasteiger partial charge in [-0.3, -0.25) is 4.79 Å². The molecule has 0 aliphatic heterocycles. The fourth-order valence-electron chi connectivity index (χ4n) is 3.29. The van der Waals surface area contributed by atoms with Gasteiger partial charge in [-0.1, -0.05) is 38.1 Å². The van der Waals surface area contributed by atoms with E-state index in [4.69, 9.17) is 13.9 Å². The van der Waals surface area contributed by atoms with Crippen LogP contribution >= 0.6 is 0 Å². The van der Waals surface area contributed by atoms with E-state index in [0.29, 0.717) is 24.8 Å². The molecule has 0 unspecified atom stereocenters. The topological polar surface area (TPSA) is 61.6 Å². The average Bonchev–Trinajstić information content (AvgIpc) is 3.09. The largest absolute Gasteiger partial charge is 0.493 e. The first-order chi connectivity index (χ1) is 14.4. The quantitative estimate of drug-likeness (QED) is 0.457. The fraction of sp³-hybridized carbons (Fsp3) is 0.360. The zero-order valence-corrected chi connectivity index (χ0v) is 18.1. The van der Waals surface area contributed by atoms with Crippen LogP contribution in [0.3, 0.4) is 0 Å². The number of carbonyl (C=O) groups is 1. The molecule has 0 bridgehead atoms. The summed E-state index contributed by atoms with van der Waals surface area (Å²) in [6.07, 6.45) is 1.94. The lowest BCUT2D eigenvalue weighted by atomic mass is 10.0. The molecule has 0 radical (unpaired) electrons. The van der Waals surface area contributed by atoms with Gasteiger partial charge < -0.3 is 13.9 Å². The fourth-order valence-corrected chi connectivity index (χ4v) is 3.29. The van der Waals surface area contributed by atoms with E-state index in [9.17, 15) is 4.79 Å². The molecule has 0 N–H and O–H groups in total. The molecular formula is C25H29NO4. The number of aryl methyl sites for hydroxylation is 1. The van der Waals surface area contributed by atoms with Crippen molar-refractivity contribution >= 4 is 5.97 Å². The van der Waals surface area contributed by atoms with Crippen LogP contribution in [0.4, 0.5) is 0 Å². The highest BCUT2D eigenvalue weighted by atomic mass is 16.5. The molecule has 1 heterocycles. The van der Waals surface area contributed by atoms with Crippen LogP contribution in [0.5, 0.6) is 5.75 Å². The second-order valence-corrected chi connectivity index (χ2v) is 7.82. The zero-order chi connectivity index (χ0) is 21.5. The highest BCUT2D eigenvalue weighted by molar-refractivity contribution is 5.72. The number of methoxy groups -OCH3 is 1. The maximum Gasteiger partial charge on any atom is 0.309 e. The molecule has 30 heavy (non-hydrogen) atoms. The van der Waals surface area contributed by atoms with E-state index in [1.165, 1.54) is 12.7 Å². The van der Waals surface area contributed by atoms with Gasteiger partial charge in [0.15, 0.2) is 0 Å². The van der Waals surface area contributed by atoms with E-state index in [1.54, 1.807) is 0 Å². The van der Waals surface area contributed by atoms with Crippen LogP contribution in [0, 0.1) is 12.8 Å². The molecular weight excluding hydrogens is 378 g/mol. The summed E-state index contributed by atoms with van der Waals surface area (Å²) in [6.45, 7) is 6.84. The highest BCUT2D eigenvalue weighted by Crippen LogP contribution is 2.23. The second-order valence-electron chi connectivity index (χ2n) is 7.82. The van der Waals surface area contributed by atoms with Gasteiger partial charge >= 0.3 is 5.97 Å². The molecule has 0 fully saturated rings. The van der Waals surface area contributed by atoms with Crippen LogP contribution in [-0.2, 0) is 28.8 Å². The maximum atomic E-state index is 11.4. The van der Waals surface area contributed by atoms with Crippen molar-refractivity contribution < 1.29 is 18.7 Å². The smallest absolute Gasteiger partial charge is 0.309 e. The van der Waals surface area contributed by atoms with Crippen molar-refractivity contribution in [2.45, 2.75) is 40.0 Å². The standard InChI is InChI=1S/C25H29NO4/c1-17(2)14-19-8-10-21(11-9-19)25-26-23(18(3)30-25)12-13-29-22-7-5-6-20(15-22)16-24(27)28-4/h5-11,15,17H,12-14,16H2,1-4H3. The van der Waals surface area contributed by atoms with Crippen molar-refractivity contribution in [3.05, 3.63) is 71.1 Å². The molecule has 0 spiro atoms. The summed E-state index contributed by atoms with van der Waals surface area (Å²) in [7, 11) is 1.39. The van der Waals surface area contributed by atoms with E-state index >= 15 is 0 Å². The Bertz CT molecular complexity index is 973. The normalized spacial score (nSPS) is 11.0. The number of ether oxygens (including phenoxy) is 2. The number of oxazole rings is 1. The van der Waals surface area contributed by atoms with Crippen LogP contribution in [0.25, 0.3) is 11.5 Å². The Morgan fingerprint density at radius 3 is 2.57 bits per heavy atom. The van der Waals surface area contributed by atoms with E-state index in [1.807, 2.05) is 31.2 Å². The summed E-state index contributed by atoms with van der Waals surface area (Å²) in [5, 5.41) is 0. The maximum absolute atomic E-state index is 11.4. The summed E-state index contributed by atoms with van der Waals surface area (Å²) in [5.41, 5.74) is 4.05. The molecule has 5 nitrogen and oxygen atoms in total. The number of rotatable bonds is 9. The van der Waals surface area contributed by atoms with E-state index in [0.717, 1.165) is 34.8 Å². The van der Waals surface area contributed by atoms with Gasteiger partial charge in [0.2, 0.25) is 5.89 Å². The third-order valence-corrected chi connectivity index (χ3v) is 4.82. The van der Waals surface area contributed by atoms with Crippen molar-refractivity contribution in [3.8, 4) is 17.2 Å². The summed E-state index contributed by atoms with van der Waals surface area (Å²) >= 11 is 0. The first kappa shape index (κ1) is 21.6. The molecule has 3 aromatic rings. The molecule has 1 aromatic heterocycles. The Morgan fingerprint density at radius 2 is 1.87 bits per heavy atom. The second kappa shape index (κ2) is 10.1. The van der Waals surface area contributed by atoms with Crippen molar-refractivity contribution in [2.24, 2.45) is 5.92 Å². The van der Waals surface area contributed by atoms with Crippen molar-refractivity contribution in [3.63, 3.8) is 0 Å². The van der Waals surface area contributed by atoms with E-state index in [-0.39, 0.29) is 12.4 Å². The molecule has 158 valence electrons.